The lowest BCUT2D eigenvalue weighted by Crippen LogP contribution is -2.05. The zero-order chi connectivity index (χ0) is 29.2. The minimum atomic E-state index is -0.940. The molecule has 0 aliphatic carbocycles. The van der Waals surface area contributed by atoms with Gasteiger partial charge in [-0.3, -0.25) is 0 Å². The van der Waals surface area contributed by atoms with Gasteiger partial charge in [0.25, 0.3) is 0 Å². The standard InChI is InChI=1S/C31H33ClN4O4S/c1-2-3-4-5-8-18-36-27-16-15-23(41-19-17-21-11-13-22(14-12-21)30(38)39)20-24(27)28(29(36)37)34-35-31(40)33-26-10-7-6-9-25(26)32/h6-7,9-16,20,37H,2-5,8,17-19H2,1H3,(H,33,40)(H,38,39). The summed E-state index contributed by atoms with van der Waals surface area (Å²) in [7, 11) is 0. The second-order valence-electron chi connectivity index (χ2n) is 9.63. The first-order chi connectivity index (χ1) is 19.9. The summed E-state index contributed by atoms with van der Waals surface area (Å²) in [5, 5.41) is 31.9. The highest BCUT2D eigenvalue weighted by molar-refractivity contribution is 7.99. The van der Waals surface area contributed by atoms with Crippen LogP contribution in [0.5, 0.6) is 5.88 Å². The molecular formula is C31H33ClN4O4S. The van der Waals surface area contributed by atoms with Gasteiger partial charge in [0, 0.05) is 22.6 Å². The summed E-state index contributed by atoms with van der Waals surface area (Å²) < 4.78 is 1.83. The van der Waals surface area contributed by atoms with Crippen molar-refractivity contribution in [2.24, 2.45) is 10.2 Å². The maximum atomic E-state index is 12.5. The van der Waals surface area contributed by atoms with Crippen molar-refractivity contribution in [2.45, 2.75) is 56.9 Å². The lowest BCUT2D eigenvalue weighted by Gasteiger charge is -2.07. The van der Waals surface area contributed by atoms with Crippen molar-refractivity contribution in [3.8, 4) is 5.88 Å². The van der Waals surface area contributed by atoms with E-state index in [0.717, 1.165) is 53.8 Å². The van der Waals surface area contributed by atoms with Crippen molar-refractivity contribution >= 4 is 57.6 Å². The number of carboxylic acid groups (broad SMARTS) is 1. The molecule has 0 fully saturated rings. The number of aromatic carboxylic acids is 1. The molecule has 4 rings (SSSR count). The Hall–Kier alpha value is -3.82. The number of carboxylic acids is 1. The molecule has 0 saturated carbocycles. The third-order valence-corrected chi connectivity index (χ3v) is 8.01. The molecule has 10 heteroatoms. The number of nitrogens with zero attached hydrogens (tertiary/aromatic N) is 3. The van der Waals surface area contributed by atoms with Crippen LogP contribution in [-0.2, 0) is 13.0 Å². The van der Waals surface area contributed by atoms with Crippen LogP contribution in [0.2, 0.25) is 5.02 Å². The maximum Gasteiger partial charge on any atom is 0.364 e. The van der Waals surface area contributed by atoms with E-state index >= 15 is 0 Å². The van der Waals surface area contributed by atoms with Crippen molar-refractivity contribution in [3.63, 3.8) is 0 Å². The zero-order valence-corrected chi connectivity index (χ0v) is 24.4. The quantitative estimate of drug-likeness (QED) is 0.0812. The Morgan fingerprint density at radius 3 is 2.49 bits per heavy atom. The van der Waals surface area contributed by atoms with E-state index in [0.29, 0.717) is 22.6 Å². The van der Waals surface area contributed by atoms with Gasteiger partial charge in [-0.05, 0) is 60.9 Å². The number of aryl methyl sites for hydroxylation is 2. The molecule has 8 nitrogen and oxygen atoms in total. The smallest absolute Gasteiger partial charge is 0.364 e. The van der Waals surface area contributed by atoms with E-state index in [9.17, 15) is 14.7 Å². The number of carbonyl (C=O) groups is 2. The second-order valence-corrected chi connectivity index (χ2v) is 11.2. The Morgan fingerprint density at radius 2 is 1.76 bits per heavy atom. The van der Waals surface area contributed by atoms with Gasteiger partial charge >= 0.3 is 12.0 Å². The van der Waals surface area contributed by atoms with Crippen molar-refractivity contribution < 1.29 is 19.8 Å². The molecule has 0 aliphatic rings. The highest BCUT2D eigenvalue weighted by Crippen LogP contribution is 2.41. The molecule has 4 aromatic rings. The van der Waals surface area contributed by atoms with Crippen LogP contribution in [0.25, 0.3) is 10.9 Å². The van der Waals surface area contributed by atoms with Gasteiger partial charge in [-0.15, -0.1) is 16.9 Å². The molecule has 41 heavy (non-hydrogen) atoms. The molecule has 0 aliphatic heterocycles. The van der Waals surface area contributed by atoms with Crippen LogP contribution in [-0.4, -0.2) is 32.5 Å². The van der Waals surface area contributed by atoms with Gasteiger partial charge in [0.05, 0.1) is 21.8 Å². The first kappa shape index (κ1) is 30.1. The summed E-state index contributed by atoms with van der Waals surface area (Å²) in [5.74, 6) is -0.186. The minimum Gasteiger partial charge on any atom is -0.493 e. The van der Waals surface area contributed by atoms with Gasteiger partial charge in [-0.2, -0.15) is 0 Å². The molecule has 3 aromatic carbocycles. The Labute approximate surface area is 248 Å². The number of para-hydroxylation sites is 1. The summed E-state index contributed by atoms with van der Waals surface area (Å²) in [6.45, 7) is 2.81. The van der Waals surface area contributed by atoms with Crippen LogP contribution in [0.4, 0.5) is 16.2 Å². The summed E-state index contributed by atoms with van der Waals surface area (Å²) >= 11 is 7.78. The largest absolute Gasteiger partial charge is 0.493 e. The van der Waals surface area contributed by atoms with Gasteiger partial charge in [-0.25, -0.2) is 9.59 Å². The highest BCUT2D eigenvalue weighted by Gasteiger charge is 2.18. The number of nitrogens with one attached hydrogen (secondary N) is 1. The molecular weight excluding hydrogens is 560 g/mol. The molecule has 1 heterocycles. The Balaban J connectivity index is 1.53. The number of urea groups is 1. The molecule has 0 bridgehead atoms. The van der Waals surface area contributed by atoms with Crippen LogP contribution >= 0.6 is 23.4 Å². The van der Waals surface area contributed by atoms with Crippen LogP contribution in [0.1, 0.15) is 54.9 Å². The summed E-state index contributed by atoms with van der Waals surface area (Å²) in [4.78, 5) is 24.6. The Morgan fingerprint density at radius 1 is 1.00 bits per heavy atom. The lowest BCUT2D eigenvalue weighted by atomic mass is 10.1. The number of rotatable bonds is 13. The fourth-order valence-electron chi connectivity index (χ4n) is 4.49. The number of aromatic nitrogens is 1. The van der Waals surface area contributed by atoms with Crippen LogP contribution in [0.3, 0.4) is 0 Å². The fraction of sp³-hybridized carbons (Fsp3) is 0.290. The third-order valence-electron chi connectivity index (χ3n) is 6.68. The van der Waals surface area contributed by atoms with E-state index in [1.54, 1.807) is 48.2 Å². The predicted molar refractivity (Wildman–Crippen MR) is 165 cm³/mol. The van der Waals surface area contributed by atoms with Gasteiger partial charge in [0.2, 0.25) is 5.88 Å². The number of azo groups is 1. The number of benzene rings is 3. The van der Waals surface area contributed by atoms with Gasteiger partial charge in [0.1, 0.15) is 0 Å². The first-order valence-corrected chi connectivity index (χ1v) is 15.0. The second kappa shape index (κ2) is 14.7. The van der Waals surface area contributed by atoms with Crippen LogP contribution < -0.4 is 5.32 Å². The topological polar surface area (TPSA) is 116 Å². The SMILES string of the molecule is CCCCCCCn1c(O)c(N=NC(=O)Nc2ccccc2Cl)c2cc(SCCc3ccc(C(=O)O)cc3)ccc21. The molecule has 214 valence electrons. The predicted octanol–water partition coefficient (Wildman–Crippen LogP) is 9.32. The number of anilines is 1. The van der Waals surface area contributed by atoms with E-state index in [1.165, 1.54) is 6.42 Å². The number of hydrogen-bond acceptors (Lipinski definition) is 5. The molecule has 0 unspecified atom stereocenters. The minimum absolute atomic E-state index is 0.0227. The summed E-state index contributed by atoms with van der Waals surface area (Å²) in [6.07, 6.45) is 6.23. The van der Waals surface area contributed by atoms with E-state index in [-0.39, 0.29) is 17.1 Å². The van der Waals surface area contributed by atoms with E-state index in [1.807, 2.05) is 34.9 Å². The molecule has 0 atom stereocenters. The first-order valence-electron chi connectivity index (χ1n) is 13.6. The van der Waals surface area contributed by atoms with Crippen molar-refractivity contribution in [1.82, 2.24) is 4.57 Å². The third kappa shape index (κ3) is 8.11. The zero-order valence-electron chi connectivity index (χ0n) is 22.8. The van der Waals surface area contributed by atoms with E-state index in [2.05, 4.69) is 22.5 Å². The number of thioether (sulfide) groups is 1. The number of aromatic hydroxyl groups is 1. The molecule has 0 radical (unpaired) electrons. The van der Waals surface area contributed by atoms with Crippen molar-refractivity contribution in [1.29, 1.82) is 0 Å². The number of amides is 2. The van der Waals surface area contributed by atoms with Gasteiger partial charge in [-0.1, -0.05) is 73.6 Å². The normalized spacial score (nSPS) is 11.4. The highest BCUT2D eigenvalue weighted by atomic mass is 35.5. The fourth-order valence-corrected chi connectivity index (χ4v) is 5.61. The van der Waals surface area contributed by atoms with Crippen molar-refractivity contribution in [2.75, 3.05) is 11.1 Å². The molecule has 3 N–H and O–H groups in total. The van der Waals surface area contributed by atoms with E-state index < -0.39 is 12.0 Å². The number of unbranched alkanes of at least 4 members (excludes halogenated alkanes) is 4. The number of carbonyl (C=O) groups excluding carboxylic acids is 1. The average molecular weight is 593 g/mol. The van der Waals surface area contributed by atoms with Crippen LogP contribution in [0.15, 0.2) is 81.9 Å². The Bertz CT molecular complexity index is 1540. The average Bonchev–Trinajstić information content (AvgIpc) is 3.22. The number of hydrogen-bond donors (Lipinski definition) is 3. The maximum absolute atomic E-state index is 12.5. The Kier molecular flexibility index (Phi) is 10.8. The van der Waals surface area contributed by atoms with Gasteiger partial charge in [0.15, 0.2) is 5.69 Å². The molecule has 0 spiro atoms. The molecule has 1 aromatic heterocycles. The summed E-state index contributed by atoms with van der Waals surface area (Å²) in [5.41, 5.74) is 2.81. The van der Waals surface area contributed by atoms with E-state index in [4.69, 9.17) is 16.7 Å². The number of fused-ring (bicyclic) bond motifs is 1. The molecule has 0 saturated heterocycles. The molecule has 2 amide bonds. The monoisotopic (exact) mass is 592 g/mol. The number of halogens is 1. The lowest BCUT2D eigenvalue weighted by molar-refractivity contribution is 0.0697. The van der Waals surface area contributed by atoms with Gasteiger partial charge < -0.3 is 20.1 Å². The summed E-state index contributed by atoms with van der Waals surface area (Å²) in [6, 6.07) is 19.0. The van der Waals surface area contributed by atoms with Crippen molar-refractivity contribution in [3.05, 3.63) is 82.9 Å². The van der Waals surface area contributed by atoms with Crippen LogP contribution in [0, 0.1) is 0 Å².